The zero-order valence-corrected chi connectivity index (χ0v) is 11.1. The summed E-state index contributed by atoms with van der Waals surface area (Å²) in [5.74, 6) is 0.742. The van der Waals surface area contributed by atoms with E-state index in [4.69, 9.17) is 9.47 Å². The predicted molar refractivity (Wildman–Crippen MR) is 68.9 cm³/mol. The van der Waals surface area contributed by atoms with Gasteiger partial charge < -0.3 is 14.4 Å². The molecule has 0 bridgehead atoms. The standard InChI is InChI=1S/C14H19NO3/c1-10-8-15(9-11(2)18-10)14(16)12-5-4-6-13(7-12)17-3/h4-7,10-11H,8-9H2,1-3H3/t10-,11-/m0/s1. The molecule has 2 rings (SSSR count). The number of carbonyl (C=O) groups excluding carboxylic acids is 1. The van der Waals surface area contributed by atoms with Crippen LogP contribution in [0.15, 0.2) is 24.3 Å². The Morgan fingerprint density at radius 3 is 2.61 bits per heavy atom. The molecule has 1 aliphatic rings. The van der Waals surface area contributed by atoms with Gasteiger partial charge in [0.25, 0.3) is 5.91 Å². The number of morpholine rings is 1. The van der Waals surface area contributed by atoms with E-state index in [-0.39, 0.29) is 18.1 Å². The first-order chi connectivity index (χ1) is 8.60. The Labute approximate surface area is 107 Å². The van der Waals surface area contributed by atoms with Crippen LogP contribution in [-0.4, -0.2) is 43.2 Å². The number of hydrogen-bond acceptors (Lipinski definition) is 3. The second-order valence-corrected chi connectivity index (χ2v) is 4.70. The van der Waals surface area contributed by atoms with Crippen LogP contribution < -0.4 is 4.74 Å². The molecule has 1 aliphatic heterocycles. The molecule has 1 aromatic carbocycles. The molecule has 4 heteroatoms. The minimum Gasteiger partial charge on any atom is -0.497 e. The number of nitrogens with zero attached hydrogens (tertiary/aromatic N) is 1. The fraction of sp³-hybridized carbons (Fsp3) is 0.500. The van der Waals surface area contributed by atoms with E-state index in [0.717, 1.165) is 0 Å². The first-order valence-corrected chi connectivity index (χ1v) is 6.19. The number of hydrogen-bond donors (Lipinski definition) is 0. The zero-order valence-electron chi connectivity index (χ0n) is 11.1. The lowest BCUT2D eigenvalue weighted by atomic mass is 10.1. The second-order valence-electron chi connectivity index (χ2n) is 4.70. The Kier molecular flexibility index (Phi) is 3.87. The molecule has 0 aliphatic carbocycles. The lowest BCUT2D eigenvalue weighted by molar-refractivity contribution is -0.0586. The van der Waals surface area contributed by atoms with Crippen molar-refractivity contribution in [2.45, 2.75) is 26.1 Å². The van der Waals surface area contributed by atoms with E-state index in [2.05, 4.69) is 0 Å². The summed E-state index contributed by atoms with van der Waals surface area (Å²) in [6.45, 7) is 5.25. The molecule has 1 fully saturated rings. The monoisotopic (exact) mass is 249 g/mol. The third-order valence-corrected chi connectivity index (χ3v) is 3.02. The van der Waals surface area contributed by atoms with Gasteiger partial charge in [-0.3, -0.25) is 4.79 Å². The number of amides is 1. The van der Waals surface area contributed by atoms with Crippen molar-refractivity contribution in [2.75, 3.05) is 20.2 Å². The fourth-order valence-corrected chi connectivity index (χ4v) is 2.28. The maximum Gasteiger partial charge on any atom is 0.254 e. The molecule has 18 heavy (non-hydrogen) atoms. The van der Waals surface area contributed by atoms with Gasteiger partial charge in [-0.15, -0.1) is 0 Å². The average molecular weight is 249 g/mol. The third-order valence-electron chi connectivity index (χ3n) is 3.02. The summed E-state index contributed by atoms with van der Waals surface area (Å²) in [6.07, 6.45) is 0.173. The maximum atomic E-state index is 12.4. The summed E-state index contributed by atoms with van der Waals surface area (Å²) in [6, 6.07) is 7.25. The summed E-state index contributed by atoms with van der Waals surface area (Å²) in [5.41, 5.74) is 0.663. The highest BCUT2D eigenvalue weighted by Gasteiger charge is 2.26. The summed E-state index contributed by atoms with van der Waals surface area (Å²) < 4.78 is 10.8. The minimum absolute atomic E-state index is 0.0379. The minimum atomic E-state index is 0.0379. The molecule has 4 nitrogen and oxygen atoms in total. The van der Waals surface area contributed by atoms with Crippen LogP contribution in [-0.2, 0) is 4.74 Å². The molecular formula is C14H19NO3. The molecule has 0 radical (unpaired) electrons. The van der Waals surface area contributed by atoms with Gasteiger partial charge in [0.05, 0.1) is 19.3 Å². The first-order valence-electron chi connectivity index (χ1n) is 6.19. The van der Waals surface area contributed by atoms with Gasteiger partial charge in [0.2, 0.25) is 0 Å². The Morgan fingerprint density at radius 1 is 1.33 bits per heavy atom. The number of ether oxygens (including phenoxy) is 2. The van der Waals surface area contributed by atoms with Gasteiger partial charge >= 0.3 is 0 Å². The number of methoxy groups -OCH3 is 1. The first kappa shape index (κ1) is 12.9. The molecule has 0 N–H and O–H groups in total. The van der Waals surface area contributed by atoms with Crippen LogP contribution in [0.1, 0.15) is 24.2 Å². The third kappa shape index (κ3) is 2.82. The quantitative estimate of drug-likeness (QED) is 0.804. The van der Waals surface area contributed by atoms with E-state index >= 15 is 0 Å². The van der Waals surface area contributed by atoms with Gasteiger partial charge in [0.1, 0.15) is 5.75 Å². The lowest BCUT2D eigenvalue weighted by Crippen LogP contribution is -2.48. The Balaban J connectivity index is 2.14. The largest absolute Gasteiger partial charge is 0.497 e. The van der Waals surface area contributed by atoms with Gasteiger partial charge in [-0.2, -0.15) is 0 Å². The number of carbonyl (C=O) groups is 1. The van der Waals surface area contributed by atoms with E-state index in [0.29, 0.717) is 24.4 Å². The van der Waals surface area contributed by atoms with Crippen LogP contribution >= 0.6 is 0 Å². The van der Waals surface area contributed by atoms with Crippen LogP contribution in [0.5, 0.6) is 5.75 Å². The van der Waals surface area contributed by atoms with Crippen LogP contribution in [0.25, 0.3) is 0 Å². The van der Waals surface area contributed by atoms with Crippen LogP contribution in [0, 0.1) is 0 Å². The fourth-order valence-electron chi connectivity index (χ4n) is 2.28. The highest BCUT2D eigenvalue weighted by molar-refractivity contribution is 5.94. The summed E-state index contributed by atoms with van der Waals surface area (Å²) in [4.78, 5) is 14.2. The number of benzene rings is 1. The molecule has 1 aromatic rings. The van der Waals surface area contributed by atoms with Crippen molar-refractivity contribution < 1.29 is 14.3 Å². The van der Waals surface area contributed by atoms with E-state index in [1.807, 2.05) is 36.9 Å². The van der Waals surface area contributed by atoms with Crippen molar-refractivity contribution in [2.24, 2.45) is 0 Å². The van der Waals surface area contributed by atoms with Gasteiger partial charge in [0, 0.05) is 18.7 Å². The predicted octanol–water partition coefficient (Wildman–Crippen LogP) is 1.94. The molecular weight excluding hydrogens is 230 g/mol. The van der Waals surface area contributed by atoms with Gasteiger partial charge in [-0.25, -0.2) is 0 Å². The van der Waals surface area contributed by atoms with Crippen LogP contribution in [0.4, 0.5) is 0 Å². The Hall–Kier alpha value is -1.55. The highest BCUT2D eigenvalue weighted by atomic mass is 16.5. The topological polar surface area (TPSA) is 38.8 Å². The highest BCUT2D eigenvalue weighted by Crippen LogP contribution is 2.17. The van der Waals surface area contributed by atoms with Crippen molar-refractivity contribution in [3.63, 3.8) is 0 Å². The molecule has 0 saturated carbocycles. The molecule has 1 saturated heterocycles. The molecule has 0 aromatic heterocycles. The van der Waals surface area contributed by atoms with Crippen LogP contribution in [0.3, 0.4) is 0 Å². The van der Waals surface area contributed by atoms with Crippen LogP contribution in [0.2, 0.25) is 0 Å². The molecule has 98 valence electrons. The van der Waals surface area contributed by atoms with Gasteiger partial charge in [-0.05, 0) is 32.0 Å². The summed E-state index contributed by atoms with van der Waals surface area (Å²) in [5, 5.41) is 0. The van der Waals surface area contributed by atoms with Crippen molar-refractivity contribution in [1.29, 1.82) is 0 Å². The second kappa shape index (κ2) is 5.40. The van der Waals surface area contributed by atoms with E-state index in [9.17, 15) is 4.79 Å². The SMILES string of the molecule is COc1cccc(C(=O)N2C[C@H](C)O[C@@H](C)C2)c1. The van der Waals surface area contributed by atoms with Crippen molar-refractivity contribution in [1.82, 2.24) is 4.90 Å². The Bertz CT molecular complexity index is 423. The summed E-state index contributed by atoms with van der Waals surface area (Å²) in [7, 11) is 1.60. The van der Waals surface area contributed by atoms with Crippen molar-refractivity contribution in [3.8, 4) is 5.75 Å². The molecule has 2 atom stereocenters. The Morgan fingerprint density at radius 2 is 2.00 bits per heavy atom. The smallest absolute Gasteiger partial charge is 0.254 e. The summed E-state index contributed by atoms with van der Waals surface area (Å²) >= 11 is 0. The van der Waals surface area contributed by atoms with E-state index < -0.39 is 0 Å². The molecule has 0 spiro atoms. The van der Waals surface area contributed by atoms with Gasteiger partial charge in [-0.1, -0.05) is 6.07 Å². The van der Waals surface area contributed by atoms with Gasteiger partial charge in [0.15, 0.2) is 0 Å². The van der Waals surface area contributed by atoms with E-state index in [1.54, 1.807) is 13.2 Å². The molecule has 0 unspecified atom stereocenters. The van der Waals surface area contributed by atoms with E-state index in [1.165, 1.54) is 0 Å². The molecule has 1 heterocycles. The van der Waals surface area contributed by atoms with Crippen molar-refractivity contribution >= 4 is 5.91 Å². The number of rotatable bonds is 2. The maximum absolute atomic E-state index is 12.4. The molecule has 1 amide bonds. The lowest BCUT2D eigenvalue weighted by Gasteiger charge is -2.35. The average Bonchev–Trinajstić information content (AvgIpc) is 2.37. The normalized spacial score (nSPS) is 23.8. The zero-order chi connectivity index (χ0) is 13.1. The van der Waals surface area contributed by atoms with Crippen molar-refractivity contribution in [3.05, 3.63) is 29.8 Å².